The fourth-order valence-electron chi connectivity index (χ4n) is 4.56. The molecule has 0 N–H and O–H groups in total. The Morgan fingerprint density at radius 1 is 0.920 bits per heavy atom. The molecule has 0 radical (unpaired) electrons. The van der Waals surface area contributed by atoms with Crippen molar-refractivity contribution in [2.45, 2.75) is 80.9 Å². The van der Waals surface area contributed by atoms with Gasteiger partial charge in [0.25, 0.3) is 0 Å². The van der Waals surface area contributed by atoms with Gasteiger partial charge in [0.15, 0.2) is 0 Å². The molecule has 0 aromatic heterocycles. The second-order valence-corrected chi connectivity index (χ2v) is 8.57. The molecule has 1 aromatic rings. The number of hydrogen-bond donors (Lipinski definition) is 0. The van der Waals surface area contributed by atoms with Gasteiger partial charge in [0, 0.05) is 5.56 Å². The van der Waals surface area contributed by atoms with Gasteiger partial charge in [0.05, 0.1) is 12.0 Å². The summed E-state index contributed by atoms with van der Waals surface area (Å²) in [6.45, 7) is 0. The van der Waals surface area contributed by atoms with E-state index in [0.717, 1.165) is 44.1 Å². The van der Waals surface area contributed by atoms with Crippen LogP contribution in [0.25, 0.3) is 0 Å². The summed E-state index contributed by atoms with van der Waals surface area (Å²) >= 11 is 0. The summed E-state index contributed by atoms with van der Waals surface area (Å²) in [6, 6.07) is 3.37. The zero-order chi connectivity index (χ0) is 17.2. The molecule has 1 aromatic carbocycles. The molecule has 0 atom stereocenters. The van der Waals surface area contributed by atoms with Crippen LogP contribution in [0.2, 0.25) is 0 Å². The van der Waals surface area contributed by atoms with Crippen molar-refractivity contribution in [3.8, 4) is 5.75 Å². The smallest absolute Gasteiger partial charge is 0.744 e. The van der Waals surface area contributed by atoms with Gasteiger partial charge in [-0.1, -0.05) is 44.6 Å². The minimum Gasteiger partial charge on any atom is -0.744 e. The van der Waals surface area contributed by atoms with Crippen molar-refractivity contribution in [2.75, 3.05) is 7.11 Å². The van der Waals surface area contributed by atoms with E-state index in [1.54, 1.807) is 13.2 Å². The third kappa shape index (κ3) is 4.81. The Balaban J connectivity index is 0.00000225. The van der Waals surface area contributed by atoms with Gasteiger partial charge in [-0.15, -0.1) is 0 Å². The van der Waals surface area contributed by atoms with Gasteiger partial charge in [-0.25, -0.2) is 8.42 Å². The second-order valence-electron chi connectivity index (χ2n) is 7.22. The van der Waals surface area contributed by atoms with E-state index in [-0.39, 0.29) is 40.4 Å². The largest absolute Gasteiger partial charge is 1.00 e. The Bertz CT molecular complexity index is 675. The Morgan fingerprint density at radius 2 is 1.44 bits per heavy atom. The van der Waals surface area contributed by atoms with Crippen LogP contribution in [0.15, 0.2) is 17.0 Å². The maximum Gasteiger partial charge on any atom is 1.00 e. The molecule has 0 aliphatic heterocycles. The van der Waals surface area contributed by atoms with Crippen molar-refractivity contribution < 1.29 is 47.3 Å². The molecule has 0 heterocycles. The van der Waals surface area contributed by atoms with E-state index < -0.39 is 10.1 Å². The van der Waals surface area contributed by atoms with Crippen LogP contribution in [0.4, 0.5) is 0 Å². The summed E-state index contributed by atoms with van der Waals surface area (Å²) in [6.07, 6.45) is 11.1. The maximum absolute atomic E-state index is 11.8. The summed E-state index contributed by atoms with van der Waals surface area (Å²) in [7, 11) is -2.89. The minimum atomic E-state index is -4.49. The SMILES string of the molecule is COc1c(C2CCCCC2)ccc(S(=O)(=O)[O-])c1C1CCCCC1.[Na+]. The number of rotatable bonds is 4. The Morgan fingerprint density at radius 3 is 1.92 bits per heavy atom. The molecule has 0 saturated heterocycles. The van der Waals surface area contributed by atoms with Crippen LogP contribution in [0, 0.1) is 0 Å². The first-order chi connectivity index (χ1) is 11.5. The number of methoxy groups -OCH3 is 1. The van der Waals surface area contributed by atoms with E-state index in [2.05, 4.69) is 0 Å². The predicted molar refractivity (Wildman–Crippen MR) is 92.6 cm³/mol. The van der Waals surface area contributed by atoms with Crippen molar-refractivity contribution in [3.63, 3.8) is 0 Å². The van der Waals surface area contributed by atoms with Crippen LogP contribution in [-0.2, 0) is 10.1 Å². The molecule has 6 heteroatoms. The van der Waals surface area contributed by atoms with Gasteiger partial charge in [-0.05, 0) is 49.1 Å². The van der Waals surface area contributed by atoms with Gasteiger partial charge in [-0.3, -0.25) is 0 Å². The average molecular weight is 374 g/mol. The summed E-state index contributed by atoms with van der Waals surface area (Å²) < 4.78 is 41.2. The first-order valence-electron chi connectivity index (χ1n) is 9.19. The fraction of sp³-hybridized carbons (Fsp3) is 0.684. The van der Waals surface area contributed by atoms with Crippen molar-refractivity contribution in [3.05, 3.63) is 23.3 Å². The molecule has 4 nitrogen and oxygen atoms in total. The quantitative estimate of drug-likeness (QED) is 0.594. The zero-order valence-corrected chi connectivity index (χ0v) is 18.2. The molecule has 0 spiro atoms. The van der Waals surface area contributed by atoms with Gasteiger partial charge in [0.2, 0.25) is 0 Å². The summed E-state index contributed by atoms with van der Waals surface area (Å²) in [4.78, 5) is -0.0641. The van der Waals surface area contributed by atoms with Gasteiger partial charge in [0.1, 0.15) is 15.9 Å². The summed E-state index contributed by atoms with van der Waals surface area (Å²) in [5.74, 6) is 1.21. The molecule has 0 amide bonds. The third-order valence-corrected chi connectivity index (χ3v) is 6.61. The molecule has 134 valence electrons. The van der Waals surface area contributed by atoms with E-state index in [4.69, 9.17) is 4.74 Å². The topological polar surface area (TPSA) is 66.4 Å². The Labute approximate surface area is 173 Å². The van der Waals surface area contributed by atoms with Crippen LogP contribution >= 0.6 is 0 Å². The predicted octanol–water partition coefficient (Wildman–Crippen LogP) is 1.70. The number of benzene rings is 1. The van der Waals surface area contributed by atoms with Crippen LogP contribution in [0.1, 0.15) is 87.2 Å². The molecule has 0 unspecified atom stereocenters. The molecule has 2 aliphatic rings. The number of ether oxygens (including phenoxy) is 1. The van der Waals surface area contributed by atoms with Crippen LogP contribution in [0.3, 0.4) is 0 Å². The summed E-state index contributed by atoms with van der Waals surface area (Å²) in [5.41, 5.74) is 1.76. The minimum absolute atomic E-state index is 0. The van der Waals surface area contributed by atoms with Crippen molar-refractivity contribution in [2.24, 2.45) is 0 Å². The second kappa shape index (κ2) is 9.23. The van der Waals surface area contributed by atoms with Crippen molar-refractivity contribution >= 4 is 10.1 Å². The van der Waals surface area contributed by atoms with Crippen LogP contribution in [0.5, 0.6) is 5.75 Å². The van der Waals surface area contributed by atoms with Crippen LogP contribution < -0.4 is 34.3 Å². The van der Waals surface area contributed by atoms with E-state index in [9.17, 15) is 13.0 Å². The van der Waals surface area contributed by atoms with Gasteiger partial charge >= 0.3 is 29.6 Å². The van der Waals surface area contributed by atoms with E-state index in [0.29, 0.717) is 17.2 Å². The first-order valence-corrected chi connectivity index (χ1v) is 10.6. The van der Waals surface area contributed by atoms with Crippen molar-refractivity contribution in [1.82, 2.24) is 0 Å². The van der Waals surface area contributed by atoms with Crippen molar-refractivity contribution in [1.29, 1.82) is 0 Å². The molecule has 3 rings (SSSR count). The van der Waals surface area contributed by atoms with Crippen LogP contribution in [-0.4, -0.2) is 20.1 Å². The average Bonchev–Trinajstić information content (AvgIpc) is 2.61. The molecule has 2 aliphatic carbocycles. The van der Waals surface area contributed by atoms with E-state index in [1.165, 1.54) is 25.7 Å². The fourth-order valence-corrected chi connectivity index (χ4v) is 5.32. The Kier molecular flexibility index (Phi) is 7.84. The Hall–Kier alpha value is -0.0700. The molecular formula is C19H27NaO4S. The molecule has 2 fully saturated rings. The zero-order valence-electron chi connectivity index (χ0n) is 15.4. The van der Waals surface area contributed by atoms with Gasteiger partial charge in [-0.2, -0.15) is 0 Å². The first kappa shape index (κ1) is 21.2. The standard InChI is InChI=1S/C19H28O4S.Na/c1-23-19-16(14-8-4-2-5-9-14)12-13-17(24(20,21)22)18(19)15-10-6-3-7-11-15;/h12-15H,2-11H2,1H3,(H,20,21,22);/q;+1/p-1. The summed E-state index contributed by atoms with van der Waals surface area (Å²) in [5, 5.41) is 0. The maximum atomic E-state index is 11.8. The van der Waals surface area contributed by atoms with E-state index >= 15 is 0 Å². The normalized spacial score (nSPS) is 20.1. The molecule has 25 heavy (non-hydrogen) atoms. The molecule has 2 saturated carbocycles. The third-order valence-electron chi connectivity index (χ3n) is 5.72. The number of hydrogen-bond acceptors (Lipinski definition) is 4. The van der Waals surface area contributed by atoms with E-state index in [1.807, 2.05) is 6.07 Å². The monoisotopic (exact) mass is 374 g/mol. The van der Waals surface area contributed by atoms with Gasteiger partial charge < -0.3 is 9.29 Å². The molecular weight excluding hydrogens is 347 g/mol. The molecule has 0 bridgehead atoms.